The van der Waals surface area contributed by atoms with Gasteiger partial charge in [0.05, 0.1) is 19.3 Å². The van der Waals surface area contributed by atoms with Crippen LogP contribution in [0.1, 0.15) is 24.2 Å². The highest BCUT2D eigenvalue weighted by molar-refractivity contribution is 6.31. The maximum atomic E-state index is 12.6. The van der Waals surface area contributed by atoms with Gasteiger partial charge in [0.15, 0.2) is 0 Å². The van der Waals surface area contributed by atoms with Crippen molar-refractivity contribution in [2.75, 3.05) is 33.9 Å². The molecule has 0 saturated heterocycles. The van der Waals surface area contributed by atoms with E-state index in [9.17, 15) is 4.79 Å². The lowest BCUT2D eigenvalue weighted by Crippen LogP contribution is -2.36. The van der Waals surface area contributed by atoms with Crippen LogP contribution < -0.4 is 4.74 Å². The van der Waals surface area contributed by atoms with Gasteiger partial charge < -0.3 is 14.4 Å². The predicted octanol–water partition coefficient (Wildman–Crippen LogP) is 3.09. The van der Waals surface area contributed by atoms with Gasteiger partial charge in [-0.3, -0.25) is 4.79 Å². The lowest BCUT2D eigenvalue weighted by molar-refractivity contribution is 0.0669. The molecule has 0 spiro atoms. The Morgan fingerprint density at radius 3 is 2.60 bits per heavy atom. The molecule has 5 heteroatoms. The number of carbonyl (C=O) groups excluding carboxylic acids is 1. The van der Waals surface area contributed by atoms with Gasteiger partial charge in [-0.15, -0.1) is 0 Å². The molecule has 1 rings (SSSR count). The van der Waals surface area contributed by atoms with Crippen molar-refractivity contribution in [3.05, 3.63) is 28.8 Å². The lowest BCUT2D eigenvalue weighted by Gasteiger charge is -2.25. The third-order valence-electron chi connectivity index (χ3n) is 2.83. The Bertz CT molecular complexity index is 449. The first-order valence-electron chi connectivity index (χ1n) is 6.61. The van der Waals surface area contributed by atoms with Crippen LogP contribution >= 0.6 is 11.6 Å². The van der Waals surface area contributed by atoms with Crippen LogP contribution in [0, 0.1) is 5.92 Å². The monoisotopic (exact) mass is 299 g/mol. The zero-order valence-corrected chi connectivity index (χ0v) is 13.2. The number of ether oxygens (including phenoxy) is 2. The van der Waals surface area contributed by atoms with Gasteiger partial charge in [-0.1, -0.05) is 25.4 Å². The van der Waals surface area contributed by atoms with E-state index in [4.69, 9.17) is 21.1 Å². The second-order valence-electron chi connectivity index (χ2n) is 4.98. The van der Waals surface area contributed by atoms with Crippen molar-refractivity contribution < 1.29 is 14.3 Å². The molecule has 112 valence electrons. The number of carbonyl (C=O) groups is 1. The summed E-state index contributed by atoms with van der Waals surface area (Å²) in [6, 6.07) is 5.06. The molecular formula is C15H22ClNO3. The molecule has 0 aromatic heterocycles. The maximum absolute atomic E-state index is 12.6. The molecule has 0 bridgehead atoms. The second-order valence-corrected chi connectivity index (χ2v) is 5.42. The molecule has 0 aliphatic rings. The third kappa shape index (κ3) is 4.69. The highest BCUT2D eigenvalue weighted by Crippen LogP contribution is 2.24. The standard InChI is InChI=1S/C15H22ClNO3/c1-11(2)10-17(7-8-19-3)15(18)13-9-12(16)5-6-14(13)20-4/h5-6,9,11H,7-8,10H2,1-4H3. The van der Waals surface area contributed by atoms with E-state index in [1.165, 1.54) is 0 Å². The van der Waals surface area contributed by atoms with Gasteiger partial charge in [-0.25, -0.2) is 0 Å². The van der Waals surface area contributed by atoms with E-state index in [1.54, 1.807) is 37.3 Å². The smallest absolute Gasteiger partial charge is 0.257 e. The van der Waals surface area contributed by atoms with E-state index in [2.05, 4.69) is 13.8 Å². The summed E-state index contributed by atoms with van der Waals surface area (Å²) in [5, 5.41) is 0.519. The van der Waals surface area contributed by atoms with Crippen LogP contribution in [0.25, 0.3) is 0 Å². The molecule has 0 aliphatic carbocycles. The first kappa shape index (κ1) is 16.8. The van der Waals surface area contributed by atoms with Gasteiger partial charge >= 0.3 is 0 Å². The Hall–Kier alpha value is -1.26. The normalized spacial score (nSPS) is 10.7. The van der Waals surface area contributed by atoms with E-state index >= 15 is 0 Å². The van der Waals surface area contributed by atoms with Crippen molar-refractivity contribution in [2.45, 2.75) is 13.8 Å². The fraction of sp³-hybridized carbons (Fsp3) is 0.533. The van der Waals surface area contributed by atoms with Crippen LogP contribution in [0.2, 0.25) is 5.02 Å². The third-order valence-corrected chi connectivity index (χ3v) is 3.07. The highest BCUT2D eigenvalue weighted by Gasteiger charge is 2.20. The topological polar surface area (TPSA) is 38.8 Å². The molecule has 4 nitrogen and oxygen atoms in total. The summed E-state index contributed by atoms with van der Waals surface area (Å²) in [7, 11) is 3.17. The molecule has 1 aromatic rings. The van der Waals surface area contributed by atoms with Crippen LogP contribution in [0.5, 0.6) is 5.75 Å². The van der Waals surface area contributed by atoms with E-state index < -0.39 is 0 Å². The lowest BCUT2D eigenvalue weighted by atomic mass is 10.1. The minimum absolute atomic E-state index is 0.0879. The quantitative estimate of drug-likeness (QED) is 0.776. The van der Waals surface area contributed by atoms with Gasteiger partial charge in [0.25, 0.3) is 5.91 Å². The van der Waals surface area contributed by atoms with Crippen LogP contribution in [-0.4, -0.2) is 44.7 Å². The molecule has 20 heavy (non-hydrogen) atoms. The zero-order chi connectivity index (χ0) is 15.1. The first-order valence-corrected chi connectivity index (χ1v) is 6.99. The molecule has 0 aliphatic heterocycles. The van der Waals surface area contributed by atoms with Gasteiger partial charge in [0, 0.05) is 25.2 Å². The SMILES string of the molecule is COCCN(CC(C)C)C(=O)c1cc(Cl)ccc1OC. The Kier molecular flexibility index (Phi) is 6.82. The van der Waals surface area contributed by atoms with E-state index in [1.807, 2.05) is 0 Å². The molecule has 0 heterocycles. The molecule has 1 amide bonds. The first-order chi connectivity index (χ1) is 9.49. The van der Waals surface area contributed by atoms with Gasteiger partial charge in [0.2, 0.25) is 0 Å². The summed E-state index contributed by atoms with van der Waals surface area (Å²) in [6.07, 6.45) is 0. The Balaban J connectivity index is 3.00. The van der Waals surface area contributed by atoms with Crippen LogP contribution in [0.15, 0.2) is 18.2 Å². The Morgan fingerprint density at radius 1 is 1.35 bits per heavy atom. The Morgan fingerprint density at radius 2 is 2.05 bits per heavy atom. The van der Waals surface area contributed by atoms with Gasteiger partial charge in [0.1, 0.15) is 5.75 Å². The molecule has 0 fully saturated rings. The van der Waals surface area contributed by atoms with Crippen molar-refractivity contribution >= 4 is 17.5 Å². The summed E-state index contributed by atoms with van der Waals surface area (Å²) in [5.74, 6) is 0.821. The van der Waals surface area contributed by atoms with Gasteiger partial charge in [-0.2, -0.15) is 0 Å². The summed E-state index contributed by atoms with van der Waals surface area (Å²) in [5.41, 5.74) is 0.483. The summed E-state index contributed by atoms with van der Waals surface area (Å²) in [4.78, 5) is 14.4. The van der Waals surface area contributed by atoms with Gasteiger partial charge in [-0.05, 0) is 24.1 Å². The minimum Gasteiger partial charge on any atom is -0.496 e. The van der Waals surface area contributed by atoms with Crippen LogP contribution in [0.4, 0.5) is 0 Å². The fourth-order valence-corrected chi connectivity index (χ4v) is 2.11. The summed E-state index contributed by atoms with van der Waals surface area (Å²) in [6.45, 7) is 5.85. The molecule has 0 saturated carbocycles. The second kappa shape index (κ2) is 8.12. The van der Waals surface area contributed by atoms with E-state index in [0.717, 1.165) is 0 Å². The molecular weight excluding hydrogens is 278 g/mol. The maximum Gasteiger partial charge on any atom is 0.257 e. The largest absolute Gasteiger partial charge is 0.496 e. The van der Waals surface area contributed by atoms with Crippen molar-refractivity contribution in [1.82, 2.24) is 4.90 Å². The molecule has 0 radical (unpaired) electrons. The molecule has 1 aromatic carbocycles. The van der Waals surface area contributed by atoms with E-state index in [-0.39, 0.29) is 5.91 Å². The zero-order valence-electron chi connectivity index (χ0n) is 12.5. The van der Waals surface area contributed by atoms with E-state index in [0.29, 0.717) is 41.9 Å². The molecule has 0 unspecified atom stereocenters. The summed E-state index contributed by atoms with van der Waals surface area (Å²) >= 11 is 5.98. The Labute approximate surface area is 125 Å². The fourth-order valence-electron chi connectivity index (χ4n) is 1.94. The van der Waals surface area contributed by atoms with Crippen molar-refractivity contribution in [1.29, 1.82) is 0 Å². The number of hydrogen-bond acceptors (Lipinski definition) is 3. The predicted molar refractivity (Wildman–Crippen MR) is 80.6 cm³/mol. The number of hydrogen-bond donors (Lipinski definition) is 0. The van der Waals surface area contributed by atoms with Crippen molar-refractivity contribution in [3.63, 3.8) is 0 Å². The van der Waals surface area contributed by atoms with Crippen LogP contribution in [-0.2, 0) is 4.74 Å². The number of amides is 1. The minimum atomic E-state index is -0.0879. The van der Waals surface area contributed by atoms with Crippen molar-refractivity contribution in [2.24, 2.45) is 5.92 Å². The van der Waals surface area contributed by atoms with Crippen molar-refractivity contribution in [3.8, 4) is 5.75 Å². The number of rotatable bonds is 7. The number of methoxy groups -OCH3 is 2. The average molecular weight is 300 g/mol. The molecule has 0 atom stereocenters. The van der Waals surface area contributed by atoms with Crippen LogP contribution in [0.3, 0.4) is 0 Å². The number of benzene rings is 1. The average Bonchev–Trinajstić information content (AvgIpc) is 2.42. The number of halogens is 1. The highest BCUT2D eigenvalue weighted by atomic mass is 35.5. The summed E-state index contributed by atoms with van der Waals surface area (Å²) < 4.78 is 10.3. The molecule has 0 N–H and O–H groups in total. The number of nitrogens with zero attached hydrogens (tertiary/aromatic N) is 1.